The van der Waals surface area contributed by atoms with Crippen LogP contribution in [0.2, 0.25) is 0 Å². The van der Waals surface area contributed by atoms with Crippen molar-refractivity contribution in [1.29, 1.82) is 0 Å². The lowest BCUT2D eigenvalue weighted by molar-refractivity contribution is -0.123. The van der Waals surface area contributed by atoms with E-state index in [4.69, 9.17) is 5.73 Å². The van der Waals surface area contributed by atoms with Gasteiger partial charge in [0, 0.05) is 11.0 Å². The molecular formula is C16H19N3O2S2. The molecule has 0 atom stereocenters. The zero-order chi connectivity index (χ0) is 17.0. The zero-order valence-corrected chi connectivity index (χ0v) is 14.9. The summed E-state index contributed by atoms with van der Waals surface area (Å²) in [4.78, 5) is 27.8. The van der Waals surface area contributed by atoms with Gasteiger partial charge < -0.3 is 11.1 Å². The second-order valence-corrected chi connectivity index (χ2v) is 8.20. The monoisotopic (exact) mass is 349 g/mol. The van der Waals surface area contributed by atoms with Gasteiger partial charge in [-0.3, -0.25) is 9.59 Å². The molecule has 1 aromatic carbocycles. The van der Waals surface area contributed by atoms with E-state index in [0.717, 1.165) is 5.56 Å². The number of carbonyl (C=O) groups is 2. The number of thiazole rings is 1. The predicted molar refractivity (Wildman–Crippen MR) is 95.6 cm³/mol. The highest BCUT2D eigenvalue weighted by Gasteiger charge is 2.24. The van der Waals surface area contributed by atoms with Gasteiger partial charge in [-0.05, 0) is 0 Å². The Labute approximate surface area is 143 Å². The van der Waals surface area contributed by atoms with Crippen molar-refractivity contribution >= 4 is 39.9 Å². The molecule has 3 N–H and O–H groups in total. The topological polar surface area (TPSA) is 85.1 Å². The van der Waals surface area contributed by atoms with E-state index in [2.05, 4.69) is 10.3 Å². The molecule has 0 unspecified atom stereocenters. The minimum Gasteiger partial charge on any atom is -0.369 e. The molecule has 0 fully saturated rings. The van der Waals surface area contributed by atoms with Crippen LogP contribution >= 0.6 is 23.1 Å². The third kappa shape index (κ3) is 4.80. The molecule has 2 amide bonds. The molecule has 0 spiro atoms. The summed E-state index contributed by atoms with van der Waals surface area (Å²) in [5, 5.41) is 3.63. The van der Waals surface area contributed by atoms with Crippen LogP contribution in [0.4, 0.5) is 5.00 Å². The predicted octanol–water partition coefficient (Wildman–Crippen LogP) is 3.37. The fourth-order valence-corrected chi connectivity index (χ4v) is 3.46. The number of aromatic nitrogens is 1. The number of rotatable bonds is 5. The van der Waals surface area contributed by atoms with E-state index in [1.807, 2.05) is 51.1 Å². The normalized spacial score (nSPS) is 11.3. The van der Waals surface area contributed by atoms with Crippen molar-refractivity contribution in [1.82, 2.24) is 4.98 Å². The van der Waals surface area contributed by atoms with Crippen molar-refractivity contribution in [3.05, 3.63) is 30.3 Å². The Morgan fingerprint density at radius 1 is 1.26 bits per heavy atom. The van der Waals surface area contributed by atoms with Crippen molar-refractivity contribution in [2.75, 3.05) is 11.1 Å². The van der Waals surface area contributed by atoms with Crippen LogP contribution < -0.4 is 11.1 Å². The molecule has 122 valence electrons. The Morgan fingerprint density at radius 3 is 2.48 bits per heavy atom. The maximum Gasteiger partial charge on any atom is 0.230 e. The van der Waals surface area contributed by atoms with Crippen molar-refractivity contribution < 1.29 is 9.59 Å². The van der Waals surface area contributed by atoms with Crippen molar-refractivity contribution in [3.8, 4) is 11.3 Å². The first-order valence-corrected chi connectivity index (χ1v) is 8.86. The number of anilines is 1. The van der Waals surface area contributed by atoms with E-state index in [0.29, 0.717) is 15.0 Å². The summed E-state index contributed by atoms with van der Waals surface area (Å²) >= 11 is 2.63. The lowest BCUT2D eigenvalue weighted by atomic mass is 9.96. The second kappa shape index (κ2) is 7.14. The molecule has 0 radical (unpaired) electrons. The van der Waals surface area contributed by atoms with Gasteiger partial charge in [0.2, 0.25) is 11.8 Å². The van der Waals surface area contributed by atoms with Crippen molar-refractivity contribution in [3.63, 3.8) is 0 Å². The molecule has 1 heterocycles. The molecule has 7 heteroatoms. The Kier molecular flexibility index (Phi) is 5.43. The summed E-state index contributed by atoms with van der Waals surface area (Å²) in [6, 6.07) is 9.63. The lowest BCUT2D eigenvalue weighted by Gasteiger charge is -2.17. The van der Waals surface area contributed by atoms with Crippen LogP contribution in [0.1, 0.15) is 20.8 Å². The van der Waals surface area contributed by atoms with Crippen molar-refractivity contribution in [2.45, 2.75) is 25.1 Å². The number of hydrogen-bond acceptors (Lipinski definition) is 5. The maximum atomic E-state index is 12.3. The van der Waals surface area contributed by atoms with E-state index in [9.17, 15) is 9.59 Å². The van der Waals surface area contributed by atoms with Gasteiger partial charge in [0.05, 0.1) is 5.75 Å². The van der Waals surface area contributed by atoms with Crippen LogP contribution in [0.25, 0.3) is 11.3 Å². The molecule has 2 rings (SSSR count). The highest BCUT2D eigenvalue weighted by atomic mass is 32.2. The van der Waals surface area contributed by atoms with Crippen molar-refractivity contribution in [2.24, 2.45) is 11.1 Å². The molecule has 0 saturated heterocycles. The summed E-state index contributed by atoms with van der Waals surface area (Å²) in [5.41, 5.74) is 6.30. The fraction of sp³-hybridized carbons (Fsp3) is 0.312. The number of benzene rings is 1. The minimum atomic E-state index is -0.502. The van der Waals surface area contributed by atoms with Gasteiger partial charge in [-0.1, -0.05) is 74.2 Å². The average molecular weight is 349 g/mol. The number of primary amides is 1. The van der Waals surface area contributed by atoms with E-state index in [-0.39, 0.29) is 11.7 Å². The first-order valence-electron chi connectivity index (χ1n) is 7.06. The molecule has 23 heavy (non-hydrogen) atoms. The SMILES string of the molecule is CC(C)(C)C(=O)Nc1sc(SCC(N)=O)nc1-c1ccccc1. The summed E-state index contributed by atoms with van der Waals surface area (Å²) in [5.74, 6) is -0.314. The number of thioether (sulfide) groups is 1. The average Bonchev–Trinajstić information content (AvgIpc) is 2.88. The largest absolute Gasteiger partial charge is 0.369 e. The Balaban J connectivity index is 2.34. The van der Waals surface area contributed by atoms with Gasteiger partial charge >= 0.3 is 0 Å². The number of carbonyl (C=O) groups excluding carboxylic acids is 2. The van der Waals surface area contributed by atoms with Gasteiger partial charge in [-0.15, -0.1) is 0 Å². The Morgan fingerprint density at radius 2 is 1.91 bits per heavy atom. The molecular weight excluding hydrogens is 330 g/mol. The number of nitrogens with one attached hydrogen (secondary N) is 1. The minimum absolute atomic E-state index is 0.0789. The van der Waals surface area contributed by atoms with Gasteiger partial charge in [0.25, 0.3) is 0 Å². The summed E-state index contributed by atoms with van der Waals surface area (Å²) in [6.07, 6.45) is 0. The number of nitrogens with zero attached hydrogens (tertiary/aromatic N) is 1. The lowest BCUT2D eigenvalue weighted by Crippen LogP contribution is -2.27. The fourth-order valence-electron chi connectivity index (χ4n) is 1.66. The van der Waals surface area contributed by atoms with Crippen LogP contribution in [-0.4, -0.2) is 22.6 Å². The van der Waals surface area contributed by atoms with E-state index in [1.54, 1.807) is 0 Å². The van der Waals surface area contributed by atoms with Gasteiger partial charge in [-0.25, -0.2) is 4.98 Å². The third-order valence-corrected chi connectivity index (χ3v) is 5.04. The summed E-state index contributed by atoms with van der Waals surface area (Å²) < 4.78 is 0.701. The summed E-state index contributed by atoms with van der Waals surface area (Å²) in [6.45, 7) is 5.57. The number of nitrogens with two attached hydrogens (primary N) is 1. The zero-order valence-electron chi connectivity index (χ0n) is 13.3. The number of amides is 2. The van der Waals surface area contributed by atoms with E-state index >= 15 is 0 Å². The highest BCUT2D eigenvalue weighted by Crippen LogP contribution is 2.38. The molecule has 0 aliphatic rings. The van der Waals surface area contributed by atoms with Crippen LogP contribution in [0.15, 0.2) is 34.7 Å². The van der Waals surface area contributed by atoms with Crippen LogP contribution in [0.3, 0.4) is 0 Å². The quantitative estimate of drug-likeness (QED) is 0.811. The molecule has 5 nitrogen and oxygen atoms in total. The molecule has 0 bridgehead atoms. The first kappa shape index (κ1) is 17.5. The van der Waals surface area contributed by atoms with Crippen LogP contribution in [0.5, 0.6) is 0 Å². The van der Waals surface area contributed by atoms with E-state index in [1.165, 1.54) is 23.1 Å². The number of hydrogen-bond donors (Lipinski definition) is 2. The Bertz CT molecular complexity index is 706. The van der Waals surface area contributed by atoms with Gasteiger partial charge in [0.15, 0.2) is 4.34 Å². The standard InChI is InChI=1S/C16H19N3O2S2/c1-16(2,3)14(21)19-13-12(10-7-5-4-6-8-10)18-15(23-13)22-9-11(17)20/h4-8H,9H2,1-3H3,(H2,17,20)(H,19,21). The van der Waals surface area contributed by atoms with Gasteiger partial charge in [-0.2, -0.15) is 0 Å². The molecule has 0 saturated carbocycles. The smallest absolute Gasteiger partial charge is 0.230 e. The second-order valence-electron chi connectivity index (χ2n) is 5.98. The molecule has 2 aromatic rings. The third-order valence-electron chi connectivity index (χ3n) is 2.90. The maximum absolute atomic E-state index is 12.3. The summed E-state index contributed by atoms with van der Waals surface area (Å²) in [7, 11) is 0. The molecule has 0 aliphatic carbocycles. The Hall–Kier alpha value is -1.86. The van der Waals surface area contributed by atoms with Crippen LogP contribution in [-0.2, 0) is 9.59 Å². The molecule has 1 aromatic heterocycles. The van der Waals surface area contributed by atoms with E-state index < -0.39 is 11.3 Å². The first-order chi connectivity index (χ1) is 10.8. The van der Waals surface area contributed by atoms with Crippen LogP contribution in [0, 0.1) is 5.41 Å². The highest BCUT2D eigenvalue weighted by molar-refractivity contribution is 8.01. The van der Waals surface area contributed by atoms with Gasteiger partial charge in [0.1, 0.15) is 10.7 Å². The molecule has 0 aliphatic heterocycles.